The van der Waals surface area contributed by atoms with Crippen LogP contribution in [0.4, 0.5) is 0 Å². The van der Waals surface area contributed by atoms with Gasteiger partial charge in [0.25, 0.3) is 0 Å². The normalized spacial score (nSPS) is 28.0. The summed E-state index contributed by atoms with van der Waals surface area (Å²) in [5.41, 5.74) is 0. The quantitative estimate of drug-likeness (QED) is 0.0621. The maximum Gasteiger partial charge on any atom is 0.475 e. The maximum absolute atomic E-state index is 13.4. The van der Waals surface area contributed by atoms with E-state index in [0.29, 0.717) is 19.4 Å². The Hall–Kier alpha value is -2.24. The molecule has 17 heteroatoms. The number of nitrogens with zero attached hydrogens (tertiary/aromatic N) is 3. The number of rotatable bonds is 15. The average molecular weight is 570 g/mol. The molecule has 3 rings (SSSR count). The Morgan fingerprint density at radius 2 is 1.87 bits per heavy atom. The molecule has 2 saturated heterocycles. The van der Waals surface area contributed by atoms with Crippen molar-refractivity contribution in [3.63, 3.8) is 0 Å². The SMILES string of the molecule is B[C@H]1C[C@@H](OC(=O)CC(=O)OCC[n+]2ccn(C)c2)[C@@H](COP(=O)(OCCC#N)O[C@@H]2C[C@H](B)O[C@@H]2CO)O1. The van der Waals surface area contributed by atoms with Gasteiger partial charge in [0, 0.05) is 18.4 Å². The average Bonchev–Trinajstić information content (AvgIpc) is 3.55. The highest BCUT2D eigenvalue weighted by Crippen LogP contribution is 2.53. The molecule has 0 bridgehead atoms. The number of aryl methyl sites for hydroxylation is 1. The predicted molar refractivity (Wildman–Crippen MR) is 136 cm³/mol. The van der Waals surface area contributed by atoms with Crippen LogP contribution in [0, 0.1) is 11.3 Å². The number of aliphatic hydroxyl groups excluding tert-OH is 1. The summed E-state index contributed by atoms with van der Waals surface area (Å²) in [5, 5.41) is 18.4. The molecule has 0 aromatic carbocycles. The van der Waals surface area contributed by atoms with Crippen molar-refractivity contribution >= 4 is 35.5 Å². The third-order valence-corrected chi connectivity index (χ3v) is 7.58. The summed E-state index contributed by atoms with van der Waals surface area (Å²) in [6.45, 7) is -0.311. The summed E-state index contributed by atoms with van der Waals surface area (Å²) < 4.78 is 55.5. The van der Waals surface area contributed by atoms with Crippen LogP contribution in [0.15, 0.2) is 18.7 Å². The summed E-state index contributed by atoms with van der Waals surface area (Å²) in [6, 6.07) is 1.36. The van der Waals surface area contributed by atoms with E-state index in [1.54, 1.807) is 15.7 Å². The van der Waals surface area contributed by atoms with Gasteiger partial charge in [0.1, 0.15) is 66.0 Å². The molecule has 0 spiro atoms. The second-order valence-corrected chi connectivity index (χ2v) is 11.1. The number of carbonyl (C=O) groups is 2. The Balaban J connectivity index is 1.50. The van der Waals surface area contributed by atoms with Crippen LogP contribution in [-0.2, 0) is 60.3 Å². The minimum absolute atomic E-state index is 0.0466. The van der Waals surface area contributed by atoms with Gasteiger partial charge in [-0.1, -0.05) is 0 Å². The smallest absolute Gasteiger partial charge is 0.461 e. The van der Waals surface area contributed by atoms with Crippen molar-refractivity contribution in [2.24, 2.45) is 7.05 Å². The van der Waals surface area contributed by atoms with Crippen LogP contribution in [0.5, 0.6) is 0 Å². The molecule has 1 unspecified atom stereocenters. The lowest BCUT2D eigenvalue weighted by Gasteiger charge is -2.25. The summed E-state index contributed by atoms with van der Waals surface area (Å²) in [5.74, 6) is -1.50. The highest BCUT2D eigenvalue weighted by Gasteiger charge is 2.43. The van der Waals surface area contributed by atoms with E-state index in [4.69, 9.17) is 37.8 Å². The number of hydrogen-bond acceptors (Lipinski definition) is 12. The monoisotopic (exact) mass is 570 g/mol. The summed E-state index contributed by atoms with van der Waals surface area (Å²) in [6.07, 6.45) is 2.55. The van der Waals surface area contributed by atoms with Crippen molar-refractivity contribution in [2.45, 2.75) is 68.7 Å². The van der Waals surface area contributed by atoms with Crippen molar-refractivity contribution in [1.82, 2.24) is 4.57 Å². The molecule has 7 atom stereocenters. The lowest BCUT2D eigenvalue weighted by molar-refractivity contribution is -0.697. The second kappa shape index (κ2) is 14.9. The first kappa shape index (κ1) is 31.3. The number of phosphoric ester groups is 1. The minimum atomic E-state index is -4.21. The molecular formula is C22H35B2N3O11P+. The molecule has 214 valence electrons. The largest absolute Gasteiger partial charge is 0.475 e. The molecule has 14 nitrogen and oxygen atoms in total. The first-order valence-electron chi connectivity index (χ1n) is 12.8. The zero-order valence-electron chi connectivity index (χ0n) is 22.4. The van der Waals surface area contributed by atoms with E-state index in [1.807, 2.05) is 41.0 Å². The minimum Gasteiger partial charge on any atom is -0.461 e. The van der Waals surface area contributed by atoms with Crippen LogP contribution >= 0.6 is 7.82 Å². The molecule has 2 aliphatic heterocycles. The molecule has 0 aliphatic carbocycles. The number of phosphoric acid groups is 1. The van der Waals surface area contributed by atoms with Crippen LogP contribution < -0.4 is 4.57 Å². The number of carbonyl (C=O) groups excluding carboxylic acids is 2. The molecule has 0 saturated carbocycles. The van der Waals surface area contributed by atoms with Gasteiger partial charge in [-0.3, -0.25) is 23.2 Å². The first-order chi connectivity index (χ1) is 18.6. The van der Waals surface area contributed by atoms with E-state index in [-0.39, 0.29) is 44.9 Å². The van der Waals surface area contributed by atoms with E-state index in [2.05, 4.69) is 0 Å². The molecule has 2 fully saturated rings. The fourth-order valence-corrected chi connectivity index (χ4v) is 5.69. The van der Waals surface area contributed by atoms with Crippen LogP contribution in [0.2, 0.25) is 0 Å². The van der Waals surface area contributed by atoms with Gasteiger partial charge in [-0.25, -0.2) is 13.7 Å². The molecule has 0 radical (unpaired) electrons. The van der Waals surface area contributed by atoms with Gasteiger partial charge < -0.3 is 24.1 Å². The van der Waals surface area contributed by atoms with Crippen molar-refractivity contribution in [3.8, 4) is 6.07 Å². The Bertz CT molecular complexity index is 1050. The van der Waals surface area contributed by atoms with Gasteiger partial charge in [-0.2, -0.15) is 5.26 Å². The third kappa shape index (κ3) is 10.0. The van der Waals surface area contributed by atoms with Gasteiger partial charge in [0.05, 0.1) is 45.5 Å². The van der Waals surface area contributed by atoms with Crippen LogP contribution in [0.25, 0.3) is 0 Å². The molecular weight excluding hydrogens is 535 g/mol. The highest BCUT2D eigenvalue weighted by atomic mass is 31.2. The second-order valence-electron chi connectivity index (χ2n) is 9.49. The molecule has 0 amide bonds. The predicted octanol–water partition coefficient (Wildman–Crippen LogP) is -1.91. The Morgan fingerprint density at radius 3 is 2.54 bits per heavy atom. The number of aliphatic hydroxyl groups is 1. The van der Waals surface area contributed by atoms with Crippen LogP contribution in [-0.4, -0.2) is 100 Å². The van der Waals surface area contributed by atoms with Crippen molar-refractivity contribution < 1.29 is 56.3 Å². The molecule has 1 N–H and O–H groups in total. The van der Waals surface area contributed by atoms with Gasteiger partial charge in [0.15, 0.2) is 0 Å². The zero-order valence-corrected chi connectivity index (χ0v) is 23.3. The Labute approximate surface area is 228 Å². The van der Waals surface area contributed by atoms with Gasteiger partial charge >= 0.3 is 19.8 Å². The first-order valence-corrected chi connectivity index (χ1v) is 14.3. The van der Waals surface area contributed by atoms with Crippen molar-refractivity contribution in [1.29, 1.82) is 5.26 Å². The zero-order chi connectivity index (χ0) is 28.4. The lowest BCUT2D eigenvalue weighted by atomic mass is 9.96. The van der Waals surface area contributed by atoms with Crippen molar-refractivity contribution in [2.75, 3.05) is 26.4 Å². The number of aromatic nitrogens is 2. The molecule has 1 aromatic rings. The Kier molecular flexibility index (Phi) is 12.0. The topological polar surface area (TPSA) is 169 Å². The van der Waals surface area contributed by atoms with Crippen molar-refractivity contribution in [3.05, 3.63) is 18.7 Å². The number of imidazole rings is 1. The van der Waals surface area contributed by atoms with E-state index in [9.17, 15) is 19.3 Å². The number of esters is 2. The van der Waals surface area contributed by atoms with E-state index < -0.39 is 50.6 Å². The number of ether oxygens (including phenoxy) is 4. The van der Waals surface area contributed by atoms with E-state index in [1.165, 1.54) is 0 Å². The third-order valence-electron chi connectivity index (χ3n) is 6.08. The molecule has 3 heterocycles. The molecule has 39 heavy (non-hydrogen) atoms. The summed E-state index contributed by atoms with van der Waals surface area (Å²) in [4.78, 5) is 24.5. The fourth-order valence-electron chi connectivity index (χ4n) is 4.29. The van der Waals surface area contributed by atoms with Gasteiger partial charge in [0.2, 0.25) is 6.33 Å². The van der Waals surface area contributed by atoms with E-state index in [0.717, 1.165) is 0 Å². The van der Waals surface area contributed by atoms with E-state index >= 15 is 0 Å². The molecule has 1 aromatic heterocycles. The number of nitriles is 1. The standard InChI is InChI=1S/C22H35B2N3O11P/c1-26-4-5-27(14-26)6-8-32-21(29)11-22(30)37-15-9-19(23)36-18(15)13-34-39(31,33-7-2-3-25)38-16-10-20(24)35-17(16)12-28/h4-5,14-20,28H,2,6-13,23-24H2,1H3/q+1/t15-,16-,17-,18-,19-,20-,39?/m1/s1. The molecule has 2 aliphatic rings. The number of hydrogen-bond donors (Lipinski definition) is 1. The van der Waals surface area contributed by atoms with Gasteiger partial charge in [-0.15, -0.1) is 0 Å². The highest BCUT2D eigenvalue weighted by molar-refractivity contribution is 7.48. The van der Waals surface area contributed by atoms with Crippen LogP contribution in [0.3, 0.4) is 0 Å². The van der Waals surface area contributed by atoms with Crippen LogP contribution in [0.1, 0.15) is 25.7 Å². The van der Waals surface area contributed by atoms with Gasteiger partial charge in [-0.05, 0) is 6.42 Å². The Morgan fingerprint density at radius 1 is 1.15 bits per heavy atom. The summed E-state index contributed by atoms with van der Waals surface area (Å²) >= 11 is 0. The lowest BCUT2D eigenvalue weighted by Crippen LogP contribution is -2.34. The summed E-state index contributed by atoms with van der Waals surface area (Å²) in [7, 11) is 1.23. The fraction of sp³-hybridized carbons (Fsp3) is 0.727. The maximum atomic E-state index is 13.4.